The van der Waals surface area contributed by atoms with Gasteiger partial charge in [0, 0.05) is 69.4 Å². The van der Waals surface area contributed by atoms with E-state index in [1.54, 1.807) is 0 Å². The number of carbonyl (C=O) groups excluding carboxylic acids is 1. The maximum Gasteiger partial charge on any atom is 0.317 e. The Hall–Kier alpha value is -1.17. The van der Waals surface area contributed by atoms with Crippen molar-refractivity contribution in [2.75, 3.05) is 51.5 Å². The number of halogens is 2. The smallest absolute Gasteiger partial charge is 0.317 e. The number of anilines is 1. The second-order valence-electron chi connectivity index (χ2n) is 5.22. The number of benzene rings is 1. The molecule has 1 heterocycles. The quantitative estimate of drug-likeness (QED) is 0.721. The molecular formula is C21H32Cl2N4O. The molecule has 2 fully saturated rings. The monoisotopic (exact) mass is 452 g/mol. The number of hydrogen-bond donors (Lipinski definition) is 1. The fraction of sp³-hybridized carbons (Fsp3) is 0.667. The number of hydrogen-bond acceptors (Lipinski definition) is 3. The lowest BCUT2D eigenvalue weighted by Crippen LogP contribution is -2.47. The first-order valence-corrected chi connectivity index (χ1v) is 8.24. The first kappa shape index (κ1) is 5.95. The summed E-state index contributed by atoms with van der Waals surface area (Å²) in [7, 11) is 1.85. The van der Waals surface area contributed by atoms with Gasteiger partial charge in [0.05, 0.1) is 26.7 Å². The number of rotatable bonds is 5. The molecule has 3 rings (SSSR count). The van der Waals surface area contributed by atoms with Crippen molar-refractivity contribution in [3.8, 4) is 0 Å². The van der Waals surface area contributed by atoms with Crippen molar-refractivity contribution in [1.82, 2.24) is 15.1 Å². The highest BCUT2D eigenvalue weighted by Crippen LogP contribution is 2.33. The number of nitrogens with one attached hydrogen (secondary N) is 1. The van der Waals surface area contributed by atoms with Gasteiger partial charge in [0.25, 0.3) is 0 Å². The van der Waals surface area contributed by atoms with Crippen molar-refractivity contribution in [2.24, 2.45) is 5.89 Å². The van der Waals surface area contributed by atoms with Gasteiger partial charge in [0.1, 0.15) is 0 Å². The molecule has 1 saturated carbocycles. The third-order valence-electron chi connectivity index (χ3n) is 3.02. The molecule has 5 nitrogen and oxygen atoms in total. The van der Waals surface area contributed by atoms with Crippen LogP contribution in [0.15, 0.2) is 18.1 Å². The molecule has 7 heteroatoms. The van der Waals surface area contributed by atoms with Crippen LogP contribution in [-0.4, -0.2) is 68.4 Å². The van der Waals surface area contributed by atoms with Crippen molar-refractivity contribution in [2.45, 2.75) is 37.9 Å². The number of amides is 2. The third-order valence-corrected chi connectivity index (χ3v) is 3.77. The Bertz CT molecular complexity index is 1650. The van der Waals surface area contributed by atoms with Gasteiger partial charge in [-0.15, -0.1) is 0 Å². The Morgan fingerprint density at radius 1 is 1.32 bits per heavy atom. The van der Waals surface area contributed by atoms with E-state index in [0.29, 0.717) is 4.90 Å². The van der Waals surface area contributed by atoms with E-state index in [1.807, 2.05) is 0 Å². The standard InChI is InChI=1S/C21H32Cl2N4O/c1-25(2)21(28)24-17-8-6-16(7-9-17)10-11-26-12-14-27(15-13-26)19-5-3-4-18(22)20(19)23/h3-5,16-17H,6-15H2,1-2H3,(H,24,28)/i3D,4D,5D,6D2,7D2,8D2,9D2,10D2,11D2,12D2,13D2,14D2,15D2,16D,17D/hD. The normalized spacial score (nSPS) is 57.8. The summed E-state index contributed by atoms with van der Waals surface area (Å²) in [5, 5.41) is -2.80. The molecule has 1 aromatic carbocycles. The van der Waals surface area contributed by atoms with Crippen LogP contribution in [0, 0.1) is 5.89 Å². The molecule has 1 saturated heterocycles. The molecule has 0 unspecified atom stereocenters. The maximum absolute atomic E-state index is 12.7. The Balaban J connectivity index is 2.49. The molecule has 0 radical (unpaired) electrons. The van der Waals surface area contributed by atoms with Crippen LogP contribution in [0.3, 0.4) is 0 Å². The van der Waals surface area contributed by atoms with E-state index < -0.39 is 131 Å². The number of piperazine rings is 1. The van der Waals surface area contributed by atoms with Gasteiger partial charge >= 0.3 is 6.03 Å². The third kappa shape index (κ3) is 5.68. The SMILES string of the molecule is [2H]c1c([2H])c(Cl)c(Cl)c(N2C([2H])([2H])C([2H])([2H])N(C([2H])([2H])C([2H])([2H])C3([2H])C([2H])([2H])C([2H])([2H])C([2H])(N([2H])C(=O)N(C)C)C([2H])([2H])C3([2H])[2H])C([2H])([2H])C2([2H])[2H])c1[2H]. The molecule has 1 aliphatic heterocycles. The first-order valence-electron chi connectivity index (χ1n) is 20.4. The van der Waals surface area contributed by atoms with E-state index in [0.717, 1.165) is 14.1 Å². The molecule has 0 spiro atoms. The van der Waals surface area contributed by atoms with Gasteiger partial charge in [-0.3, -0.25) is 4.90 Å². The van der Waals surface area contributed by atoms with E-state index in [9.17, 15) is 4.79 Å². The van der Waals surface area contributed by atoms with Crippen molar-refractivity contribution < 1.29 is 40.5 Å². The summed E-state index contributed by atoms with van der Waals surface area (Å²) >= 11 is 12.0. The topological polar surface area (TPSA) is 38.8 Å². The first-order chi connectivity index (χ1) is 23.4. The van der Waals surface area contributed by atoms with E-state index in [4.69, 9.17) is 58.9 Å². The average Bonchev–Trinajstić information content (AvgIpc) is 3.00. The van der Waals surface area contributed by atoms with Crippen molar-refractivity contribution in [3.05, 3.63) is 28.2 Å². The lowest BCUT2D eigenvalue weighted by Gasteiger charge is -2.37. The van der Waals surface area contributed by atoms with Crippen molar-refractivity contribution >= 4 is 34.9 Å². The van der Waals surface area contributed by atoms with E-state index >= 15 is 0 Å². The molecule has 2 amide bonds. The Kier molecular flexibility index (Phi) is 2.13. The molecule has 0 aromatic heterocycles. The highest BCUT2D eigenvalue weighted by atomic mass is 35.5. The van der Waals surface area contributed by atoms with Gasteiger partial charge in [0.15, 0.2) is 1.41 Å². The Morgan fingerprint density at radius 3 is 2.64 bits per heavy atom. The Labute approximate surface area is 215 Å². The van der Waals surface area contributed by atoms with Crippen LogP contribution in [0.25, 0.3) is 0 Å². The summed E-state index contributed by atoms with van der Waals surface area (Å²) in [6, 6.07) is -9.53. The summed E-state index contributed by atoms with van der Waals surface area (Å²) in [5.74, 6) is -5.01. The highest BCUT2D eigenvalue weighted by molar-refractivity contribution is 6.43. The summed E-state index contributed by atoms with van der Waals surface area (Å²) in [4.78, 5) is 11.6. The zero-order chi connectivity index (χ0) is 43.4. The van der Waals surface area contributed by atoms with Crippen LogP contribution >= 0.6 is 23.2 Å². The largest absolute Gasteiger partial charge is 0.368 e. The van der Waals surface area contributed by atoms with Gasteiger partial charge in [0.2, 0.25) is 0 Å². The summed E-state index contributed by atoms with van der Waals surface area (Å²) in [6.45, 7) is -22.7. The fourth-order valence-electron chi connectivity index (χ4n) is 1.67. The molecule has 156 valence electrons. The molecule has 1 aliphatic carbocycles. The van der Waals surface area contributed by atoms with E-state index in [-0.39, 0.29) is 0 Å². The van der Waals surface area contributed by atoms with Gasteiger partial charge < -0.3 is 15.1 Å². The van der Waals surface area contributed by atoms with Crippen LogP contribution in [0.1, 0.15) is 66.1 Å². The molecule has 28 heavy (non-hydrogen) atoms. The summed E-state index contributed by atoms with van der Waals surface area (Å²) < 4.78 is 224. The van der Waals surface area contributed by atoms with Crippen LogP contribution in [0.2, 0.25) is 11.5 Å². The van der Waals surface area contributed by atoms with Gasteiger partial charge in [-0.2, -0.15) is 0 Å². The minimum atomic E-state index is -5.08. The van der Waals surface area contributed by atoms with Gasteiger partial charge in [-0.1, -0.05) is 29.2 Å². The van der Waals surface area contributed by atoms with Crippen LogP contribution in [0.4, 0.5) is 10.5 Å². The van der Waals surface area contributed by atoms with Gasteiger partial charge in [-0.25, -0.2) is 4.79 Å². The maximum atomic E-state index is 12.7. The number of urea groups is 1. The van der Waals surface area contributed by atoms with E-state index in [1.165, 1.54) is 0 Å². The summed E-state index contributed by atoms with van der Waals surface area (Å²) in [6.07, 6.45) is -23.9. The second-order valence-corrected chi connectivity index (χ2v) is 5.97. The molecule has 2 aliphatic rings. The Morgan fingerprint density at radius 2 is 2.00 bits per heavy atom. The van der Waals surface area contributed by atoms with Crippen LogP contribution < -0.4 is 10.2 Å². The summed E-state index contributed by atoms with van der Waals surface area (Å²) in [5.41, 5.74) is -1.34. The predicted molar refractivity (Wildman–Crippen MR) is 118 cm³/mol. The highest BCUT2D eigenvalue weighted by Gasteiger charge is 2.24. The number of nitrogens with zero attached hydrogens (tertiary/aromatic N) is 3. The zero-order valence-corrected chi connectivity index (χ0v) is 16.0. The van der Waals surface area contributed by atoms with Gasteiger partial charge in [-0.05, 0) is 56.3 Å². The lowest BCUT2D eigenvalue weighted by molar-refractivity contribution is 0.194. The number of carbonyl (C=O) groups is 1. The molecular weight excluding hydrogens is 395 g/mol. The predicted octanol–water partition coefficient (Wildman–Crippen LogP) is 4.34. The molecule has 1 N–H and O–H groups in total. The van der Waals surface area contributed by atoms with Crippen LogP contribution in [-0.2, 0) is 0 Å². The van der Waals surface area contributed by atoms with Crippen LogP contribution in [0.5, 0.6) is 0 Å². The lowest BCUT2D eigenvalue weighted by atomic mass is 9.84. The average molecular weight is 454 g/mol. The van der Waals surface area contributed by atoms with E-state index in [2.05, 4.69) is 0 Å². The van der Waals surface area contributed by atoms with Crippen molar-refractivity contribution in [3.63, 3.8) is 0 Å². The molecule has 0 atom stereocenters. The second kappa shape index (κ2) is 10.0. The molecule has 1 aromatic rings. The minimum Gasteiger partial charge on any atom is -0.368 e. The zero-order valence-electron chi connectivity index (χ0n) is 40.5. The molecule has 0 bridgehead atoms. The fourth-order valence-corrected chi connectivity index (χ4v) is 1.98. The minimum absolute atomic E-state index is 0.476. The van der Waals surface area contributed by atoms with Crippen molar-refractivity contribution in [1.29, 1.82) is 0 Å².